The van der Waals surface area contributed by atoms with Crippen LogP contribution in [0.5, 0.6) is 5.75 Å². The Bertz CT molecular complexity index is 905. The van der Waals surface area contributed by atoms with Gasteiger partial charge in [-0.1, -0.05) is 41.7 Å². The van der Waals surface area contributed by atoms with Gasteiger partial charge in [0.05, 0.1) is 11.9 Å². The topological polar surface area (TPSA) is 89.6 Å². The molecule has 0 saturated carbocycles. The summed E-state index contributed by atoms with van der Waals surface area (Å²) >= 11 is 1.14. The SMILES string of the molecule is Cc1nc(N)sc1C(=O)N/N=C/c1ccc(OCc2ccccc2)cc1. The number of hydrogen-bond donors (Lipinski definition) is 2. The molecule has 0 aliphatic rings. The minimum absolute atomic E-state index is 0.323. The minimum atomic E-state index is -0.323. The fraction of sp³-hybridized carbons (Fsp3) is 0.105. The van der Waals surface area contributed by atoms with Crippen LogP contribution in [0.4, 0.5) is 5.13 Å². The van der Waals surface area contributed by atoms with E-state index in [-0.39, 0.29) is 5.91 Å². The van der Waals surface area contributed by atoms with Crippen molar-refractivity contribution in [3.8, 4) is 5.75 Å². The maximum atomic E-state index is 12.0. The number of hydrazone groups is 1. The molecule has 3 N–H and O–H groups in total. The van der Waals surface area contributed by atoms with Gasteiger partial charge >= 0.3 is 0 Å². The highest BCUT2D eigenvalue weighted by Crippen LogP contribution is 2.19. The maximum Gasteiger partial charge on any atom is 0.283 e. The molecule has 0 unspecified atom stereocenters. The van der Waals surface area contributed by atoms with Crippen LogP contribution in [0.25, 0.3) is 0 Å². The molecule has 1 amide bonds. The van der Waals surface area contributed by atoms with Crippen LogP contribution in [0.15, 0.2) is 59.7 Å². The summed E-state index contributed by atoms with van der Waals surface area (Å²) in [6.07, 6.45) is 1.57. The number of benzene rings is 2. The van der Waals surface area contributed by atoms with Gasteiger partial charge in [-0.05, 0) is 42.3 Å². The summed E-state index contributed by atoms with van der Waals surface area (Å²) < 4.78 is 5.73. The molecule has 0 spiro atoms. The standard InChI is InChI=1S/C19H18N4O2S/c1-13-17(26-19(20)22-13)18(24)23-21-11-14-7-9-16(10-8-14)25-12-15-5-3-2-4-6-15/h2-11H,12H2,1H3,(H2,20,22)(H,23,24)/b21-11+. The summed E-state index contributed by atoms with van der Waals surface area (Å²) in [6.45, 7) is 2.25. The van der Waals surface area contributed by atoms with Gasteiger partial charge in [-0.15, -0.1) is 0 Å². The number of nitrogens with one attached hydrogen (secondary N) is 1. The van der Waals surface area contributed by atoms with Crippen molar-refractivity contribution in [2.24, 2.45) is 5.10 Å². The molecular weight excluding hydrogens is 348 g/mol. The van der Waals surface area contributed by atoms with E-state index in [4.69, 9.17) is 10.5 Å². The molecule has 0 aliphatic heterocycles. The third-order valence-corrected chi connectivity index (χ3v) is 4.51. The Balaban J connectivity index is 1.53. The van der Waals surface area contributed by atoms with Gasteiger partial charge in [-0.2, -0.15) is 5.10 Å². The molecule has 132 valence electrons. The van der Waals surface area contributed by atoms with Gasteiger partial charge in [-0.3, -0.25) is 4.79 Å². The van der Waals surface area contributed by atoms with E-state index >= 15 is 0 Å². The first kappa shape index (κ1) is 17.6. The monoisotopic (exact) mass is 366 g/mol. The van der Waals surface area contributed by atoms with E-state index in [1.54, 1.807) is 13.1 Å². The molecule has 0 fully saturated rings. The van der Waals surface area contributed by atoms with Crippen molar-refractivity contribution in [1.29, 1.82) is 0 Å². The zero-order valence-electron chi connectivity index (χ0n) is 14.2. The Hall–Kier alpha value is -3.19. The number of anilines is 1. The summed E-state index contributed by atoms with van der Waals surface area (Å²) in [6, 6.07) is 17.4. The van der Waals surface area contributed by atoms with Crippen molar-refractivity contribution in [2.75, 3.05) is 5.73 Å². The normalized spacial score (nSPS) is 10.8. The van der Waals surface area contributed by atoms with Gasteiger partial charge in [0, 0.05) is 0 Å². The van der Waals surface area contributed by atoms with E-state index in [1.165, 1.54) is 0 Å². The molecule has 7 heteroatoms. The van der Waals surface area contributed by atoms with Crippen molar-refractivity contribution in [2.45, 2.75) is 13.5 Å². The number of hydrogen-bond acceptors (Lipinski definition) is 6. The zero-order chi connectivity index (χ0) is 18.4. The average Bonchev–Trinajstić information content (AvgIpc) is 3.00. The first-order valence-electron chi connectivity index (χ1n) is 7.95. The van der Waals surface area contributed by atoms with Crippen LogP contribution in [-0.2, 0) is 6.61 Å². The van der Waals surface area contributed by atoms with E-state index in [0.29, 0.717) is 22.3 Å². The van der Waals surface area contributed by atoms with E-state index < -0.39 is 0 Å². The lowest BCUT2D eigenvalue weighted by molar-refractivity contribution is 0.0958. The smallest absolute Gasteiger partial charge is 0.283 e. The van der Waals surface area contributed by atoms with Crippen molar-refractivity contribution in [1.82, 2.24) is 10.4 Å². The van der Waals surface area contributed by atoms with E-state index in [0.717, 1.165) is 28.2 Å². The quantitative estimate of drug-likeness (QED) is 0.517. The summed E-state index contributed by atoms with van der Waals surface area (Å²) in [7, 11) is 0. The van der Waals surface area contributed by atoms with E-state index in [9.17, 15) is 4.79 Å². The molecule has 0 bridgehead atoms. The van der Waals surface area contributed by atoms with Crippen LogP contribution in [0, 0.1) is 6.92 Å². The van der Waals surface area contributed by atoms with Crippen molar-refractivity contribution in [3.05, 3.63) is 76.3 Å². The second-order valence-electron chi connectivity index (χ2n) is 5.51. The average molecular weight is 366 g/mol. The summed E-state index contributed by atoms with van der Waals surface area (Å²) in [5.74, 6) is 0.446. The molecule has 26 heavy (non-hydrogen) atoms. The predicted octanol–water partition coefficient (Wildman–Crippen LogP) is 3.38. The summed E-state index contributed by atoms with van der Waals surface area (Å²) in [5, 5.41) is 4.33. The van der Waals surface area contributed by atoms with Crippen LogP contribution in [-0.4, -0.2) is 17.1 Å². The van der Waals surface area contributed by atoms with E-state index in [1.807, 2.05) is 54.6 Å². The number of carbonyl (C=O) groups is 1. The van der Waals surface area contributed by atoms with Crippen molar-refractivity contribution in [3.63, 3.8) is 0 Å². The van der Waals surface area contributed by atoms with Crippen LogP contribution in [0.3, 0.4) is 0 Å². The first-order chi connectivity index (χ1) is 12.6. The third kappa shape index (κ3) is 4.67. The molecule has 0 radical (unpaired) electrons. The van der Waals surface area contributed by atoms with Crippen LogP contribution in [0.1, 0.15) is 26.5 Å². The minimum Gasteiger partial charge on any atom is -0.489 e. The number of aryl methyl sites for hydroxylation is 1. The van der Waals surface area contributed by atoms with Crippen LogP contribution < -0.4 is 15.9 Å². The molecule has 3 aromatic rings. The second-order valence-corrected chi connectivity index (χ2v) is 6.54. The second kappa shape index (κ2) is 8.26. The molecule has 3 rings (SSSR count). The molecule has 0 saturated heterocycles. The number of aromatic nitrogens is 1. The number of ether oxygens (including phenoxy) is 1. The predicted molar refractivity (Wildman–Crippen MR) is 104 cm³/mol. The molecule has 6 nitrogen and oxygen atoms in total. The lowest BCUT2D eigenvalue weighted by atomic mass is 10.2. The number of carbonyl (C=O) groups excluding carboxylic acids is 1. The van der Waals surface area contributed by atoms with Crippen LogP contribution >= 0.6 is 11.3 Å². The van der Waals surface area contributed by atoms with Gasteiger partial charge in [0.1, 0.15) is 17.2 Å². The summed E-state index contributed by atoms with van der Waals surface area (Å²) in [5.41, 5.74) is 10.6. The molecule has 1 heterocycles. The number of nitrogens with two attached hydrogens (primary N) is 1. The Kier molecular flexibility index (Phi) is 5.60. The van der Waals surface area contributed by atoms with E-state index in [2.05, 4.69) is 15.5 Å². The Morgan fingerprint density at radius 3 is 2.62 bits per heavy atom. The maximum absolute atomic E-state index is 12.0. The molecule has 0 atom stereocenters. The number of thiazole rings is 1. The Morgan fingerprint density at radius 1 is 1.23 bits per heavy atom. The molecule has 1 aromatic heterocycles. The lowest BCUT2D eigenvalue weighted by Crippen LogP contribution is -2.17. The van der Waals surface area contributed by atoms with Gasteiger partial charge in [0.15, 0.2) is 5.13 Å². The zero-order valence-corrected chi connectivity index (χ0v) is 15.0. The van der Waals surface area contributed by atoms with Gasteiger partial charge in [0.2, 0.25) is 0 Å². The fourth-order valence-electron chi connectivity index (χ4n) is 2.24. The largest absolute Gasteiger partial charge is 0.489 e. The summed E-state index contributed by atoms with van der Waals surface area (Å²) in [4.78, 5) is 16.5. The highest BCUT2D eigenvalue weighted by molar-refractivity contribution is 7.17. The number of amides is 1. The van der Waals surface area contributed by atoms with Gasteiger partial charge < -0.3 is 10.5 Å². The van der Waals surface area contributed by atoms with Crippen molar-refractivity contribution >= 4 is 28.6 Å². The molecule has 0 aliphatic carbocycles. The van der Waals surface area contributed by atoms with Gasteiger partial charge in [-0.25, -0.2) is 10.4 Å². The number of rotatable bonds is 6. The van der Waals surface area contributed by atoms with Gasteiger partial charge in [0.25, 0.3) is 5.91 Å². The highest BCUT2D eigenvalue weighted by Gasteiger charge is 2.13. The fourth-order valence-corrected chi connectivity index (χ4v) is 2.96. The first-order valence-corrected chi connectivity index (χ1v) is 8.76. The molecule has 2 aromatic carbocycles. The Labute approximate surface area is 155 Å². The lowest BCUT2D eigenvalue weighted by Gasteiger charge is -2.06. The number of nitrogen functional groups attached to an aromatic ring is 1. The Morgan fingerprint density at radius 2 is 1.96 bits per heavy atom. The van der Waals surface area contributed by atoms with Crippen LogP contribution in [0.2, 0.25) is 0 Å². The highest BCUT2D eigenvalue weighted by atomic mass is 32.1. The third-order valence-electron chi connectivity index (χ3n) is 3.53. The number of nitrogens with zero attached hydrogens (tertiary/aromatic N) is 2. The molecular formula is C19H18N4O2S. The van der Waals surface area contributed by atoms with Crippen molar-refractivity contribution < 1.29 is 9.53 Å².